The molecule has 5 aromatic rings. The molecule has 0 radical (unpaired) electrons. The van der Waals surface area contributed by atoms with Crippen molar-refractivity contribution in [3.8, 4) is 22.3 Å². The van der Waals surface area contributed by atoms with Crippen LogP contribution in [-0.4, -0.2) is 10.7 Å². The number of hydrogen-bond acceptors (Lipinski definition) is 2. The molecule has 7 rings (SSSR count). The molecule has 0 saturated heterocycles. The molecule has 1 aliphatic carbocycles. The molecule has 2 heteroatoms. The van der Waals surface area contributed by atoms with Crippen molar-refractivity contribution in [3.05, 3.63) is 144 Å². The number of hydrogen-bond donors (Lipinski definition) is 0. The van der Waals surface area contributed by atoms with Crippen molar-refractivity contribution in [2.24, 2.45) is 10.9 Å². The number of benzene rings is 4. The SMILES string of the molecule is C1=CC2C=Cc3cccnc3C2N=C1c1ccc(-c2ccc(-c3ccccc3)cc2)c2ccccc12. The van der Waals surface area contributed by atoms with Crippen LogP contribution >= 0.6 is 0 Å². The molecule has 2 aliphatic rings. The average molecular weight is 461 g/mol. The molecule has 2 atom stereocenters. The van der Waals surface area contributed by atoms with Crippen LogP contribution in [0, 0.1) is 5.92 Å². The van der Waals surface area contributed by atoms with E-state index in [0.29, 0.717) is 0 Å². The number of fused-ring (bicyclic) bond motifs is 4. The molecule has 0 bridgehead atoms. The zero-order chi connectivity index (χ0) is 23.9. The van der Waals surface area contributed by atoms with Crippen LogP contribution in [0.15, 0.2) is 133 Å². The molecule has 1 aromatic heterocycles. The second-order valence-electron chi connectivity index (χ2n) is 9.38. The number of dihydropyridines is 1. The maximum Gasteiger partial charge on any atom is 0.103 e. The molecule has 0 N–H and O–H groups in total. The molecule has 170 valence electrons. The van der Waals surface area contributed by atoms with Gasteiger partial charge in [0.2, 0.25) is 0 Å². The summed E-state index contributed by atoms with van der Waals surface area (Å²) in [4.78, 5) is 9.91. The molecule has 0 fully saturated rings. The fraction of sp³-hybridized carbons (Fsp3) is 0.0588. The summed E-state index contributed by atoms with van der Waals surface area (Å²) < 4.78 is 0. The van der Waals surface area contributed by atoms with Crippen LogP contribution in [0.25, 0.3) is 39.1 Å². The summed E-state index contributed by atoms with van der Waals surface area (Å²) in [6, 6.07) is 36.7. The van der Waals surface area contributed by atoms with Gasteiger partial charge in [0.05, 0.1) is 11.4 Å². The maximum atomic E-state index is 5.23. The lowest BCUT2D eigenvalue weighted by atomic mass is 9.85. The van der Waals surface area contributed by atoms with Crippen molar-refractivity contribution in [1.29, 1.82) is 0 Å². The van der Waals surface area contributed by atoms with Gasteiger partial charge in [-0.2, -0.15) is 0 Å². The lowest BCUT2D eigenvalue weighted by Gasteiger charge is -2.27. The minimum atomic E-state index is 0.0233. The zero-order valence-electron chi connectivity index (χ0n) is 19.8. The first-order valence-electron chi connectivity index (χ1n) is 12.4. The monoisotopic (exact) mass is 460 g/mol. The van der Waals surface area contributed by atoms with E-state index in [1.807, 2.05) is 12.3 Å². The van der Waals surface area contributed by atoms with E-state index in [9.17, 15) is 0 Å². The van der Waals surface area contributed by atoms with Gasteiger partial charge >= 0.3 is 0 Å². The van der Waals surface area contributed by atoms with Crippen LogP contribution in [0.5, 0.6) is 0 Å². The minimum absolute atomic E-state index is 0.0233. The molecule has 4 aromatic carbocycles. The number of aliphatic imine (C=N–C) groups is 1. The van der Waals surface area contributed by atoms with E-state index in [2.05, 4.69) is 126 Å². The quantitative estimate of drug-likeness (QED) is 0.266. The summed E-state index contributed by atoms with van der Waals surface area (Å²) >= 11 is 0. The maximum absolute atomic E-state index is 5.23. The van der Waals surface area contributed by atoms with Gasteiger partial charge in [0.1, 0.15) is 6.04 Å². The lowest BCUT2D eigenvalue weighted by molar-refractivity contribution is 0.591. The molecule has 1 aliphatic heterocycles. The summed E-state index contributed by atoms with van der Waals surface area (Å²) in [6.45, 7) is 0. The van der Waals surface area contributed by atoms with E-state index in [1.54, 1.807) is 0 Å². The topological polar surface area (TPSA) is 25.2 Å². The third-order valence-corrected chi connectivity index (χ3v) is 7.27. The zero-order valence-corrected chi connectivity index (χ0v) is 19.8. The van der Waals surface area contributed by atoms with Gasteiger partial charge in [0.25, 0.3) is 0 Å². The highest BCUT2D eigenvalue weighted by Crippen LogP contribution is 2.39. The van der Waals surface area contributed by atoms with E-state index in [0.717, 1.165) is 22.5 Å². The number of rotatable bonds is 3. The third kappa shape index (κ3) is 3.50. The van der Waals surface area contributed by atoms with Crippen LogP contribution in [-0.2, 0) is 0 Å². The van der Waals surface area contributed by atoms with Gasteiger partial charge in [-0.05, 0) is 50.7 Å². The average Bonchev–Trinajstić information content (AvgIpc) is 2.97. The predicted octanol–water partition coefficient (Wildman–Crippen LogP) is 8.31. The molecule has 2 unspecified atom stereocenters. The molecule has 0 spiro atoms. The van der Waals surface area contributed by atoms with Crippen molar-refractivity contribution < 1.29 is 0 Å². The molecule has 2 heterocycles. The molecule has 0 amide bonds. The summed E-state index contributed by atoms with van der Waals surface area (Å²) in [7, 11) is 0. The minimum Gasteiger partial charge on any atom is -0.274 e. The first-order valence-corrected chi connectivity index (χ1v) is 12.4. The normalized spacial score (nSPS) is 17.9. The standard InChI is InChI=1S/C34H24N2/c1-2-7-23(8-3-1)24-12-14-25(15-13-24)28-19-20-31(30-11-5-4-10-29(28)30)32-21-18-27-17-16-26-9-6-22-35-33(26)34(27)36-32/h1-22,27,34H. The van der Waals surface area contributed by atoms with Gasteiger partial charge in [0, 0.05) is 17.7 Å². The molecule has 0 saturated carbocycles. The van der Waals surface area contributed by atoms with Crippen LogP contribution in [0.2, 0.25) is 0 Å². The van der Waals surface area contributed by atoms with Gasteiger partial charge in [-0.15, -0.1) is 0 Å². The first kappa shape index (κ1) is 20.8. The van der Waals surface area contributed by atoms with E-state index in [-0.39, 0.29) is 12.0 Å². The number of pyridine rings is 1. The molecular formula is C34H24N2. The Kier molecular flexibility index (Phi) is 4.96. The summed E-state index contributed by atoms with van der Waals surface area (Å²) in [5.41, 5.74) is 9.32. The van der Waals surface area contributed by atoms with Crippen LogP contribution in [0.3, 0.4) is 0 Å². The molecule has 2 nitrogen and oxygen atoms in total. The Bertz CT molecular complexity index is 1670. The fourth-order valence-corrected chi connectivity index (χ4v) is 5.44. The van der Waals surface area contributed by atoms with E-state index >= 15 is 0 Å². The van der Waals surface area contributed by atoms with Crippen LogP contribution in [0.4, 0.5) is 0 Å². The number of allylic oxidation sites excluding steroid dienone is 1. The Morgan fingerprint density at radius 2 is 1.19 bits per heavy atom. The van der Waals surface area contributed by atoms with E-state index < -0.39 is 0 Å². The fourth-order valence-electron chi connectivity index (χ4n) is 5.44. The van der Waals surface area contributed by atoms with Crippen molar-refractivity contribution in [2.45, 2.75) is 6.04 Å². The van der Waals surface area contributed by atoms with Gasteiger partial charge < -0.3 is 0 Å². The Morgan fingerprint density at radius 3 is 2.03 bits per heavy atom. The van der Waals surface area contributed by atoms with Gasteiger partial charge in [-0.3, -0.25) is 9.98 Å². The van der Waals surface area contributed by atoms with Gasteiger partial charge in [-0.1, -0.05) is 115 Å². The van der Waals surface area contributed by atoms with Gasteiger partial charge in [0.15, 0.2) is 0 Å². The first-order chi connectivity index (χ1) is 17.8. The van der Waals surface area contributed by atoms with E-state index in [4.69, 9.17) is 4.99 Å². The summed E-state index contributed by atoms with van der Waals surface area (Å²) in [5, 5.41) is 2.46. The van der Waals surface area contributed by atoms with Crippen molar-refractivity contribution in [1.82, 2.24) is 4.98 Å². The largest absolute Gasteiger partial charge is 0.274 e. The summed E-state index contributed by atoms with van der Waals surface area (Å²) in [6.07, 6.45) is 10.7. The molecular weight excluding hydrogens is 436 g/mol. The van der Waals surface area contributed by atoms with Crippen LogP contribution < -0.4 is 0 Å². The molecule has 36 heavy (non-hydrogen) atoms. The number of nitrogens with zero attached hydrogens (tertiary/aromatic N) is 2. The highest BCUT2D eigenvalue weighted by Gasteiger charge is 2.28. The Balaban J connectivity index is 1.30. The highest BCUT2D eigenvalue weighted by atomic mass is 14.9. The Morgan fingerprint density at radius 1 is 0.528 bits per heavy atom. The Labute approximate surface area is 211 Å². The smallest absolute Gasteiger partial charge is 0.103 e. The number of aromatic nitrogens is 1. The summed E-state index contributed by atoms with van der Waals surface area (Å²) in [5.74, 6) is 0.254. The van der Waals surface area contributed by atoms with E-state index in [1.165, 1.54) is 33.0 Å². The lowest BCUT2D eigenvalue weighted by Crippen LogP contribution is -2.19. The van der Waals surface area contributed by atoms with Crippen molar-refractivity contribution >= 4 is 22.6 Å². The third-order valence-electron chi connectivity index (χ3n) is 7.27. The Hall–Kier alpha value is -4.56. The highest BCUT2D eigenvalue weighted by molar-refractivity contribution is 6.18. The second-order valence-corrected chi connectivity index (χ2v) is 9.38. The van der Waals surface area contributed by atoms with Gasteiger partial charge in [-0.25, -0.2) is 0 Å². The predicted molar refractivity (Wildman–Crippen MR) is 150 cm³/mol. The van der Waals surface area contributed by atoms with Crippen molar-refractivity contribution in [3.63, 3.8) is 0 Å². The van der Waals surface area contributed by atoms with Crippen LogP contribution in [0.1, 0.15) is 22.9 Å². The van der Waals surface area contributed by atoms with Crippen molar-refractivity contribution in [2.75, 3.05) is 0 Å². The second kappa shape index (κ2) is 8.58.